The quantitative estimate of drug-likeness (QED) is 0.122. The molecular formula is C45H32FN3Si. The molecule has 0 saturated carbocycles. The summed E-state index contributed by atoms with van der Waals surface area (Å²) in [5, 5.41) is 4.95. The van der Waals surface area contributed by atoms with Gasteiger partial charge in [0.1, 0.15) is 5.82 Å². The van der Waals surface area contributed by atoms with E-state index in [4.69, 9.17) is 15.0 Å². The second kappa shape index (κ2) is 13.7. The highest BCUT2D eigenvalue weighted by atomic mass is 28.3. The molecule has 50 heavy (non-hydrogen) atoms. The Morgan fingerprint density at radius 3 is 1.16 bits per heavy atom. The molecule has 0 spiro atoms. The van der Waals surface area contributed by atoms with Gasteiger partial charge in [-0.15, -0.1) is 0 Å². The van der Waals surface area contributed by atoms with Crippen LogP contribution in [0.25, 0.3) is 45.3 Å². The van der Waals surface area contributed by atoms with Crippen molar-refractivity contribution in [3.63, 3.8) is 0 Å². The second-order valence-electron chi connectivity index (χ2n) is 12.2. The van der Waals surface area contributed by atoms with Gasteiger partial charge in [-0.25, -0.2) is 19.3 Å². The average Bonchev–Trinajstić information content (AvgIpc) is 3.20. The zero-order valence-electron chi connectivity index (χ0n) is 27.2. The summed E-state index contributed by atoms with van der Waals surface area (Å²) in [6.07, 6.45) is 0. The first kappa shape index (κ1) is 31.0. The first-order valence-electron chi connectivity index (χ1n) is 16.6. The molecule has 8 rings (SSSR count). The third kappa shape index (κ3) is 5.85. The van der Waals surface area contributed by atoms with E-state index in [0.29, 0.717) is 28.6 Å². The van der Waals surface area contributed by atoms with E-state index in [1.807, 2.05) is 72.8 Å². The van der Waals surface area contributed by atoms with E-state index in [1.54, 1.807) is 6.07 Å². The predicted octanol–water partition coefficient (Wildman–Crippen LogP) is 8.06. The summed E-state index contributed by atoms with van der Waals surface area (Å²) in [5.41, 5.74) is 3.76. The Morgan fingerprint density at radius 1 is 0.320 bits per heavy atom. The number of benzene rings is 7. The first-order chi connectivity index (χ1) is 24.7. The fraction of sp³-hybridized carbons (Fsp3) is 0. The monoisotopic (exact) mass is 661 g/mol. The molecule has 0 amide bonds. The lowest BCUT2D eigenvalue weighted by Crippen LogP contribution is -2.74. The lowest BCUT2D eigenvalue weighted by molar-refractivity contribution is 0.631. The predicted molar refractivity (Wildman–Crippen MR) is 205 cm³/mol. The van der Waals surface area contributed by atoms with Crippen LogP contribution in [-0.4, -0.2) is 23.0 Å². The highest BCUT2D eigenvalue weighted by Gasteiger charge is 2.41. The standard InChI is InChI=1S/C45H32FN3Si/c46-42-30-29-36(45-48-43(33-17-6-1-7-18-33)47-44(49-45)34-19-8-2-9-20-34)32-41(42)35-21-16-28-40(31-35)50(37-22-10-3-11-23-37,38-24-12-4-13-25-38)39-26-14-5-15-27-39/h1-32H. The Labute approximate surface area is 292 Å². The molecule has 0 fully saturated rings. The molecule has 7 aromatic carbocycles. The topological polar surface area (TPSA) is 38.7 Å². The van der Waals surface area contributed by atoms with Crippen LogP contribution >= 0.6 is 0 Å². The maximum Gasteiger partial charge on any atom is 0.179 e. The summed E-state index contributed by atoms with van der Waals surface area (Å²) in [4.78, 5) is 14.6. The van der Waals surface area contributed by atoms with Crippen LogP contribution in [0.5, 0.6) is 0 Å². The van der Waals surface area contributed by atoms with E-state index in [0.717, 1.165) is 16.7 Å². The first-order valence-corrected chi connectivity index (χ1v) is 18.6. The SMILES string of the molecule is Fc1ccc(-c2nc(-c3ccccc3)nc(-c3ccccc3)n2)cc1-c1cccc([Si](c2ccccc2)(c2ccccc2)c2ccccc2)c1. The van der Waals surface area contributed by atoms with Crippen LogP contribution in [0, 0.1) is 5.82 Å². The van der Waals surface area contributed by atoms with Gasteiger partial charge in [0.25, 0.3) is 0 Å². The van der Waals surface area contributed by atoms with Crippen LogP contribution < -0.4 is 20.7 Å². The van der Waals surface area contributed by atoms with Crippen molar-refractivity contribution in [3.8, 4) is 45.3 Å². The summed E-state index contributed by atoms with van der Waals surface area (Å²) < 4.78 is 16.0. The molecule has 5 heteroatoms. The van der Waals surface area contributed by atoms with Crippen LogP contribution in [0.3, 0.4) is 0 Å². The second-order valence-corrected chi connectivity index (χ2v) is 16.0. The Balaban J connectivity index is 1.31. The average molecular weight is 662 g/mol. The molecule has 0 N–H and O–H groups in total. The molecule has 0 unspecified atom stereocenters. The van der Waals surface area contributed by atoms with Crippen molar-refractivity contribution in [3.05, 3.63) is 200 Å². The minimum Gasteiger partial charge on any atom is -0.208 e. The van der Waals surface area contributed by atoms with Crippen molar-refractivity contribution in [1.82, 2.24) is 15.0 Å². The molecule has 0 aliphatic carbocycles. The molecule has 0 atom stereocenters. The smallest absolute Gasteiger partial charge is 0.179 e. The van der Waals surface area contributed by atoms with E-state index in [1.165, 1.54) is 26.8 Å². The molecule has 0 aliphatic heterocycles. The van der Waals surface area contributed by atoms with Crippen LogP contribution in [0.4, 0.5) is 4.39 Å². The lowest BCUT2D eigenvalue weighted by atomic mass is 10.0. The van der Waals surface area contributed by atoms with Gasteiger partial charge >= 0.3 is 0 Å². The Hall–Kier alpha value is -6.30. The summed E-state index contributed by atoms with van der Waals surface area (Å²) in [5.74, 6) is 1.30. The fourth-order valence-corrected chi connectivity index (χ4v) is 11.6. The van der Waals surface area contributed by atoms with Crippen molar-refractivity contribution in [2.45, 2.75) is 0 Å². The zero-order chi connectivity index (χ0) is 33.8. The number of halogens is 1. The van der Waals surface area contributed by atoms with E-state index in [2.05, 4.69) is 109 Å². The van der Waals surface area contributed by atoms with Gasteiger partial charge in [0, 0.05) is 22.3 Å². The van der Waals surface area contributed by atoms with Crippen molar-refractivity contribution in [2.75, 3.05) is 0 Å². The largest absolute Gasteiger partial charge is 0.208 e. The van der Waals surface area contributed by atoms with Gasteiger partial charge in [-0.1, -0.05) is 176 Å². The van der Waals surface area contributed by atoms with Crippen LogP contribution in [0.15, 0.2) is 194 Å². The summed E-state index contributed by atoms with van der Waals surface area (Å²) >= 11 is 0. The molecule has 3 nitrogen and oxygen atoms in total. The third-order valence-electron chi connectivity index (χ3n) is 9.15. The van der Waals surface area contributed by atoms with Gasteiger partial charge in [-0.05, 0) is 44.5 Å². The van der Waals surface area contributed by atoms with Crippen molar-refractivity contribution >= 4 is 28.8 Å². The Kier molecular flexibility index (Phi) is 8.47. The fourth-order valence-electron chi connectivity index (χ4n) is 6.81. The van der Waals surface area contributed by atoms with Crippen LogP contribution in [0.1, 0.15) is 0 Å². The van der Waals surface area contributed by atoms with Gasteiger partial charge in [-0.3, -0.25) is 0 Å². The van der Waals surface area contributed by atoms with Crippen LogP contribution in [-0.2, 0) is 0 Å². The van der Waals surface area contributed by atoms with Crippen LogP contribution in [0.2, 0.25) is 0 Å². The normalized spacial score (nSPS) is 11.3. The number of nitrogens with zero attached hydrogens (tertiary/aromatic N) is 3. The summed E-state index contributed by atoms with van der Waals surface area (Å²) in [6, 6.07) is 65.5. The Morgan fingerprint density at radius 2 is 0.700 bits per heavy atom. The maximum atomic E-state index is 16.0. The molecule has 1 heterocycles. The molecule has 8 aromatic rings. The maximum absolute atomic E-state index is 16.0. The summed E-state index contributed by atoms with van der Waals surface area (Å²) in [7, 11) is -2.80. The summed E-state index contributed by atoms with van der Waals surface area (Å²) in [6.45, 7) is 0. The van der Waals surface area contributed by atoms with E-state index in [-0.39, 0.29) is 5.82 Å². The lowest BCUT2D eigenvalue weighted by Gasteiger charge is -2.34. The highest BCUT2D eigenvalue weighted by molar-refractivity contribution is 7.19. The minimum absolute atomic E-state index is 0.307. The van der Waals surface area contributed by atoms with E-state index in [9.17, 15) is 0 Å². The van der Waals surface area contributed by atoms with Gasteiger partial charge in [0.05, 0.1) is 0 Å². The van der Waals surface area contributed by atoms with Crippen molar-refractivity contribution in [1.29, 1.82) is 0 Å². The minimum atomic E-state index is -2.80. The molecule has 0 aliphatic rings. The number of rotatable bonds is 8. The van der Waals surface area contributed by atoms with Gasteiger partial charge < -0.3 is 0 Å². The van der Waals surface area contributed by atoms with Gasteiger partial charge in [0.2, 0.25) is 0 Å². The molecule has 1 aromatic heterocycles. The number of aromatic nitrogens is 3. The molecule has 238 valence electrons. The molecular weight excluding hydrogens is 630 g/mol. The van der Waals surface area contributed by atoms with E-state index >= 15 is 4.39 Å². The van der Waals surface area contributed by atoms with Gasteiger partial charge in [-0.2, -0.15) is 0 Å². The molecule has 0 bridgehead atoms. The number of hydrogen-bond donors (Lipinski definition) is 0. The van der Waals surface area contributed by atoms with E-state index < -0.39 is 8.07 Å². The van der Waals surface area contributed by atoms with Crippen molar-refractivity contribution < 1.29 is 4.39 Å². The molecule has 0 radical (unpaired) electrons. The number of hydrogen-bond acceptors (Lipinski definition) is 3. The molecule has 0 saturated heterocycles. The zero-order valence-corrected chi connectivity index (χ0v) is 28.2. The Bertz CT molecular complexity index is 2220. The third-order valence-corrected chi connectivity index (χ3v) is 13.9. The van der Waals surface area contributed by atoms with Gasteiger partial charge in [0.15, 0.2) is 25.5 Å². The van der Waals surface area contributed by atoms with Crippen molar-refractivity contribution in [2.24, 2.45) is 0 Å². The highest BCUT2D eigenvalue weighted by Crippen LogP contribution is 2.30.